The number of rotatable bonds is 5. The quantitative estimate of drug-likeness (QED) is 0.467. The summed E-state index contributed by atoms with van der Waals surface area (Å²) in [6.45, 7) is 0. The second kappa shape index (κ2) is 7.29. The zero-order valence-corrected chi connectivity index (χ0v) is 10.9. The van der Waals surface area contributed by atoms with Crippen LogP contribution in [0.3, 0.4) is 0 Å². The maximum absolute atomic E-state index is 11.6. The highest BCUT2D eigenvalue weighted by Gasteiger charge is 2.04. The van der Waals surface area contributed by atoms with Gasteiger partial charge < -0.3 is 0 Å². The largest absolute Gasteiger partial charge is 0.282 e. The number of carbonyl (C=O) groups is 1. The molecule has 0 atom stereocenters. The molecule has 76 valence electrons. The van der Waals surface area contributed by atoms with E-state index >= 15 is 0 Å². The monoisotopic (exact) mass is 320 g/mol. The normalized spacial score (nSPS) is 10.1. The Morgan fingerprint density at radius 1 is 1.21 bits per heavy atom. The molecule has 0 saturated heterocycles. The summed E-state index contributed by atoms with van der Waals surface area (Å²) in [5.74, 6) is 0.941. The molecule has 0 aliphatic heterocycles. The van der Waals surface area contributed by atoms with Gasteiger partial charge in [0, 0.05) is 11.3 Å². The summed E-state index contributed by atoms with van der Waals surface area (Å²) in [6, 6.07) is 9.47. The van der Waals surface area contributed by atoms with Crippen LogP contribution in [0.15, 0.2) is 30.3 Å². The van der Waals surface area contributed by atoms with Crippen molar-refractivity contribution in [3.05, 3.63) is 35.9 Å². The summed E-state index contributed by atoms with van der Waals surface area (Å²) in [4.78, 5) is 11.6. The third kappa shape index (κ3) is 4.46. The lowest BCUT2D eigenvalue weighted by molar-refractivity contribution is 0.108. The number of unbranched alkanes of at least 4 members (excludes halogenated alkanes) is 1. The lowest BCUT2D eigenvalue weighted by Crippen LogP contribution is -1.94. The average molecular weight is 320 g/mol. The molecule has 0 fully saturated rings. The number of hydrogen-bond acceptors (Lipinski definition) is 2. The first-order valence-corrected chi connectivity index (χ1v) is 7.14. The van der Waals surface area contributed by atoms with Crippen LogP contribution in [0.25, 0.3) is 0 Å². The van der Waals surface area contributed by atoms with Gasteiger partial charge in [0.25, 0.3) is 0 Å². The van der Waals surface area contributed by atoms with E-state index in [0.717, 1.165) is 17.7 Å². The molecule has 0 heterocycles. The molecule has 1 aromatic carbocycles. The fourth-order valence-corrected chi connectivity index (χ4v) is 2.39. The number of carbonyl (C=O) groups excluding carboxylic acids is 1. The van der Waals surface area contributed by atoms with Gasteiger partial charge in [0.1, 0.15) is 0 Å². The smallest absolute Gasteiger partial charge is 0.219 e. The van der Waals surface area contributed by atoms with Gasteiger partial charge in [0.15, 0.2) is 0 Å². The Morgan fingerprint density at radius 2 is 1.93 bits per heavy atom. The van der Waals surface area contributed by atoms with Crippen molar-refractivity contribution >= 4 is 39.5 Å². The van der Waals surface area contributed by atoms with E-state index in [1.165, 1.54) is 22.6 Å². The maximum atomic E-state index is 11.6. The van der Waals surface area contributed by atoms with Crippen LogP contribution in [0.2, 0.25) is 0 Å². The molecule has 1 aromatic rings. The van der Waals surface area contributed by atoms with E-state index in [1.54, 1.807) is 0 Å². The van der Waals surface area contributed by atoms with Crippen LogP contribution in [0.4, 0.5) is 0 Å². The Kier molecular flexibility index (Phi) is 6.27. The van der Waals surface area contributed by atoms with Crippen molar-refractivity contribution in [1.82, 2.24) is 0 Å². The van der Waals surface area contributed by atoms with Gasteiger partial charge in [0.05, 0.1) is 0 Å². The number of thioether (sulfide) groups is 1. The Hall–Kier alpha value is -0.0300. The van der Waals surface area contributed by atoms with Gasteiger partial charge in [-0.05, 0) is 17.3 Å². The van der Waals surface area contributed by atoms with Crippen LogP contribution in [-0.4, -0.2) is 15.3 Å². The van der Waals surface area contributed by atoms with Crippen molar-refractivity contribution in [1.29, 1.82) is 0 Å². The third-order valence-corrected chi connectivity index (χ3v) is 3.52. The summed E-state index contributed by atoms with van der Waals surface area (Å²) in [5.41, 5.74) is 0.812. The molecule has 3 heteroatoms. The first-order chi connectivity index (χ1) is 6.84. The Balaban J connectivity index is 2.29. The molecular weight excluding hydrogens is 307 g/mol. The molecule has 0 amide bonds. The number of benzene rings is 1. The van der Waals surface area contributed by atoms with Crippen molar-refractivity contribution in [3.8, 4) is 0 Å². The number of halogens is 1. The van der Waals surface area contributed by atoms with Crippen LogP contribution in [0.5, 0.6) is 0 Å². The predicted octanol–water partition coefficient (Wildman–Crippen LogP) is 3.78. The van der Waals surface area contributed by atoms with Gasteiger partial charge in [-0.2, -0.15) is 0 Å². The molecule has 0 radical (unpaired) electrons. The van der Waals surface area contributed by atoms with E-state index in [-0.39, 0.29) is 5.12 Å². The standard InChI is InChI=1S/C11H13IOS/c12-8-4-5-9-14-11(13)10-6-2-1-3-7-10/h1-3,6-7H,4-5,8-9H2. The second-order valence-corrected chi connectivity index (χ2v) is 5.04. The minimum atomic E-state index is 0.194. The lowest BCUT2D eigenvalue weighted by atomic mass is 10.2. The minimum absolute atomic E-state index is 0.194. The van der Waals surface area contributed by atoms with Crippen LogP contribution < -0.4 is 0 Å². The van der Waals surface area contributed by atoms with E-state index in [4.69, 9.17) is 0 Å². The van der Waals surface area contributed by atoms with Gasteiger partial charge in [-0.1, -0.05) is 64.7 Å². The zero-order valence-electron chi connectivity index (χ0n) is 7.91. The third-order valence-electron chi connectivity index (χ3n) is 1.77. The molecule has 0 saturated carbocycles. The van der Waals surface area contributed by atoms with E-state index in [1.807, 2.05) is 30.3 Å². The highest BCUT2D eigenvalue weighted by Crippen LogP contribution is 2.13. The summed E-state index contributed by atoms with van der Waals surface area (Å²) in [6.07, 6.45) is 2.34. The van der Waals surface area contributed by atoms with Crippen LogP contribution in [0.1, 0.15) is 23.2 Å². The zero-order chi connectivity index (χ0) is 10.2. The topological polar surface area (TPSA) is 17.1 Å². The Labute approximate surface area is 103 Å². The predicted molar refractivity (Wildman–Crippen MR) is 71.4 cm³/mol. The molecule has 0 aliphatic rings. The molecule has 0 N–H and O–H groups in total. The molecule has 0 unspecified atom stereocenters. The van der Waals surface area contributed by atoms with Crippen molar-refractivity contribution < 1.29 is 4.79 Å². The fourth-order valence-electron chi connectivity index (χ4n) is 1.02. The van der Waals surface area contributed by atoms with Crippen LogP contribution >= 0.6 is 34.4 Å². The van der Waals surface area contributed by atoms with Gasteiger partial charge in [-0.25, -0.2) is 0 Å². The average Bonchev–Trinajstić information content (AvgIpc) is 2.25. The van der Waals surface area contributed by atoms with Crippen molar-refractivity contribution in [2.45, 2.75) is 12.8 Å². The molecule has 0 aromatic heterocycles. The molecule has 1 nitrogen and oxygen atoms in total. The second-order valence-electron chi connectivity index (χ2n) is 2.90. The van der Waals surface area contributed by atoms with E-state index in [2.05, 4.69) is 22.6 Å². The number of hydrogen-bond donors (Lipinski definition) is 0. The summed E-state index contributed by atoms with van der Waals surface area (Å²) < 4.78 is 1.18. The van der Waals surface area contributed by atoms with Crippen molar-refractivity contribution in [2.75, 3.05) is 10.2 Å². The minimum Gasteiger partial charge on any atom is -0.282 e. The van der Waals surface area contributed by atoms with E-state index < -0.39 is 0 Å². The van der Waals surface area contributed by atoms with Gasteiger partial charge in [-0.3, -0.25) is 4.79 Å². The SMILES string of the molecule is O=C(SCCCCI)c1ccccc1. The van der Waals surface area contributed by atoms with E-state index in [9.17, 15) is 4.79 Å². The molecule has 0 bridgehead atoms. The first kappa shape index (κ1) is 12.0. The summed E-state index contributed by atoms with van der Waals surface area (Å²) in [5, 5.41) is 0.194. The summed E-state index contributed by atoms with van der Waals surface area (Å²) in [7, 11) is 0. The lowest BCUT2D eigenvalue weighted by Gasteiger charge is -1.99. The number of alkyl halides is 1. The molecule has 1 rings (SSSR count). The highest BCUT2D eigenvalue weighted by atomic mass is 127. The first-order valence-electron chi connectivity index (χ1n) is 4.62. The van der Waals surface area contributed by atoms with Crippen molar-refractivity contribution in [2.24, 2.45) is 0 Å². The van der Waals surface area contributed by atoms with Crippen molar-refractivity contribution in [3.63, 3.8) is 0 Å². The van der Waals surface area contributed by atoms with Crippen LogP contribution in [-0.2, 0) is 0 Å². The Bertz CT molecular complexity index is 274. The maximum Gasteiger partial charge on any atom is 0.219 e. The Morgan fingerprint density at radius 3 is 2.57 bits per heavy atom. The van der Waals surface area contributed by atoms with E-state index in [0.29, 0.717) is 0 Å². The fraction of sp³-hybridized carbons (Fsp3) is 0.364. The summed E-state index contributed by atoms with van der Waals surface area (Å²) >= 11 is 3.79. The molecular formula is C11H13IOS. The molecule has 14 heavy (non-hydrogen) atoms. The van der Waals surface area contributed by atoms with Gasteiger partial charge in [0.2, 0.25) is 5.12 Å². The highest BCUT2D eigenvalue weighted by molar-refractivity contribution is 14.1. The van der Waals surface area contributed by atoms with Crippen LogP contribution in [0, 0.1) is 0 Å². The molecule has 0 aliphatic carbocycles. The van der Waals surface area contributed by atoms with Gasteiger partial charge in [-0.15, -0.1) is 0 Å². The molecule has 0 spiro atoms. The van der Waals surface area contributed by atoms with Gasteiger partial charge >= 0.3 is 0 Å².